The van der Waals surface area contributed by atoms with Gasteiger partial charge in [0, 0.05) is 0 Å². The van der Waals surface area contributed by atoms with Crippen LogP contribution in [0.15, 0.2) is 0 Å². The highest BCUT2D eigenvalue weighted by molar-refractivity contribution is 4.98. The summed E-state index contributed by atoms with van der Waals surface area (Å²) in [5, 5.41) is 0. The molecular formula is C10H18. The molecule has 0 saturated heterocycles. The Bertz CT molecular complexity index is 123. The molecule has 0 aromatic heterocycles. The van der Waals surface area contributed by atoms with Crippen LogP contribution in [-0.4, -0.2) is 0 Å². The molecule has 0 unspecified atom stereocenters. The molecule has 0 aliphatic heterocycles. The lowest BCUT2D eigenvalue weighted by Gasteiger charge is -2.55. The quantitative estimate of drug-likeness (QED) is 0.522. The van der Waals surface area contributed by atoms with E-state index >= 15 is 0 Å². The normalized spacial score (nSPS) is 45.3. The van der Waals surface area contributed by atoms with Gasteiger partial charge in [-0.15, -0.1) is 0 Å². The van der Waals surface area contributed by atoms with Gasteiger partial charge in [-0.25, -0.2) is 0 Å². The summed E-state index contributed by atoms with van der Waals surface area (Å²) in [5.74, 6) is 2.08. The smallest absolute Gasteiger partial charge is 0.0269 e. The number of hydrogen-bond donors (Lipinski definition) is 0. The van der Waals surface area contributed by atoms with Crippen molar-refractivity contribution in [1.82, 2.24) is 0 Å². The zero-order valence-corrected chi connectivity index (χ0v) is 7.19. The Hall–Kier alpha value is 0. The molecule has 0 atom stereocenters. The van der Waals surface area contributed by atoms with Gasteiger partial charge in [0.2, 0.25) is 0 Å². The third-order valence-corrected chi connectivity index (χ3v) is 3.90. The zero-order chi connectivity index (χ0) is 7.19. The molecule has 0 heteroatoms. The third-order valence-electron chi connectivity index (χ3n) is 3.90. The van der Waals surface area contributed by atoms with E-state index in [0.717, 1.165) is 17.3 Å². The minimum absolute atomic E-state index is 0.822. The molecule has 0 radical (unpaired) electrons. The molecule has 0 aromatic carbocycles. The van der Waals surface area contributed by atoms with Crippen molar-refractivity contribution < 1.29 is 0 Å². The summed E-state index contributed by atoms with van der Waals surface area (Å²) in [6, 6.07) is 0. The Labute approximate surface area is 64.0 Å². The van der Waals surface area contributed by atoms with Crippen LogP contribution in [-0.2, 0) is 0 Å². The Morgan fingerprint density at radius 2 is 2.00 bits per heavy atom. The molecule has 2 bridgehead atoms. The molecule has 0 aromatic rings. The molecule has 3 aliphatic carbocycles. The first-order valence-electron chi connectivity index (χ1n) is 4.73. The summed E-state index contributed by atoms with van der Waals surface area (Å²) < 4.78 is 0. The van der Waals surface area contributed by atoms with Crippen molar-refractivity contribution in [2.45, 2.75) is 46.0 Å². The minimum atomic E-state index is 0.822. The molecule has 0 heterocycles. The summed E-state index contributed by atoms with van der Waals surface area (Å²) in [7, 11) is 0. The van der Waals surface area contributed by atoms with Crippen LogP contribution in [0.4, 0.5) is 0 Å². The van der Waals surface area contributed by atoms with Crippen LogP contribution >= 0.6 is 0 Å². The molecule has 0 nitrogen and oxygen atoms in total. The van der Waals surface area contributed by atoms with Gasteiger partial charge in [0.25, 0.3) is 0 Å². The second-order valence-corrected chi connectivity index (χ2v) is 4.68. The molecule has 3 aliphatic rings. The van der Waals surface area contributed by atoms with E-state index in [0.29, 0.717) is 0 Å². The zero-order valence-electron chi connectivity index (χ0n) is 7.19. The van der Waals surface area contributed by atoms with Crippen molar-refractivity contribution in [3.8, 4) is 0 Å². The number of fused-ring (bicyclic) bond motifs is 2. The maximum absolute atomic E-state index is 2.40. The highest BCUT2D eigenvalue weighted by atomic mass is 14.5. The van der Waals surface area contributed by atoms with Gasteiger partial charge in [-0.05, 0) is 36.5 Å². The largest absolute Gasteiger partial charge is 0.0622 e. The van der Waals surface area contributed by atoms with Gasteiger partial charge in [-0.2, -0.15) is 0 Å². The summed E-state index contributed by atoms with van der Waals surface area (Å²) in [6.45, 7) is 4.81. The van der Waals surface area contributed by atoms with E-state index in [1.54, 1.807) is 12.8 Å². The minimum Gasteiger partial charge on any atom is -0.0622 e. The van der Waals surface area contributed by atoms with E-state index in [9.17, 15) is 0 Å². The first-order chi connectivity index (χ1) is 4.73. The lowest BCUT2D eigenvalue weighted by atomic mass is 9.50. The van der Waals surface area contributed by atoms with Gasteiger partial charge >= 0.3 is 0 Å². The molecule has 0 amide bonds. The number of rotatable bonds is 1. The van der Waals surface area contributed by atoms with Crippen LogP contribution in [0.1, 0.15) is 46.0 Å². The monoisotopic (exact) mass is 138 g/mol. The van der Waals surface area contributed by atoms with Crippen LogP contribution in [0.2, 0.25) is 0 Å². The lowest BCUT2D eigenvalue weighted by Crippen LogP contribution is -2.44. The van der Waals surface area contributed by atoms with Gasteiger partial charge < -0.3 is 0 Å². The molecule has 3 saturated carbocycles. The van der Waals surface area contributed by atoms with Crippen molar-refractivity contribution in [2.75, 3.05) is 0 Å². The molecule has 0 spiro atoms. The van der Waals surface area contributed by atoms with E-state index in [4.69, 9.17) is 0 Å². The fraction of sp³-hybridized carbons (Fsp3) is 1.00. The second-order valence-electron chi connectivity index (χ2n) is 4.68. The van der Waals surface area contributed by atoms with Crippen LogP contribution in [0, 0.1) is 17.3 Å². The van der Waals surface area contributed by atoms with Crippen LogP contribution in [0.25, 0.3) is 0 Å². The topological polar surface area (TPSA) is 0 Å². The van der Waals surface area contributed by atoms with E-state index in [1.807, 2.05) is 0 Å². The number of hydrogen-bond acceptors (Lipinski definition) is 0. The maximum atomic E-state index is 2.40. The van der Waals surface area contributed by atoms with Crippen molar-refractivity contribution in [3.05, 3.63) is 0 Å². The van der Waals surface area contributed by atoms with Gasteiger partial charge in [-0.3, -0.25) is 0 Å². The Balaban J connectivity index is 2.05. The van der Waals surface area contributed by atoms with Gasteiger partial charge in [0.05, 0.1) is 0 Å². The highest BCUT2D eigenvalue weighted by Gasteiger charge is 2.48. The van der Waals surface area contributed by atoms with Crippen LogP contribution in [0.3, 0.4) is 0 Å². The maximum Gasteiger partial charge on any atom is -0.0269 e. The predicted molar refractivity (Wildman–Crippen MR) is 43.8 cm³/mol. The standard InChI is InChI=1S/C10H18/c1-8(2)10-5-3-4-9(6-10)7-10/h8-9H,3-7H2,1-2H3. The molecule has 0 N–H and O–H groups in total. The molecule has 10 heavy (non-hydrogen) atoms. The highest BCUT2D eigenvalue weighted by Crippen LogP contribution is 2.59. The first-order valence-corrected chi connectivity index (χ1v) is 4.73. The van der Waals surface area contributed by atoms with Crippen molar-refractivity contribution in [2.24, 2.45) is 17.3 Å². The molecule has 3 rings (SSSR count). The van der Waals surface area contributed by atoms with Gasteiger partial charge in [0.1, 0.15) is 0 Å². The van der Waals surface area contributed by atoms with Crippen molar-refractivity contribution >= 4 is 0 Å². The van der Waals surface area contributed by atoms with Crippen LogP contribution in [0.5, 0.6) is 0 Å². The van der Waals surface area contributed by atoms with E-state index in [2.05, 4.69) is 13.8 Å². The average Bonchev–Trinajstić information content (AvgIpc) is 1.87. The van der Waals surface area contributed by atoms with Crippen molar-refractivity contribution in [3.63, 3.8) is 0 Å². The van der Waals surface area contributed by atoms with Crippen molar-refractivity contribution in [1.29, 1.82) is 0 Å². The molecule has 58 valence electrons. The predicted octanol–water partition coefficient (Wildman–Crippen LogP) is 3.22. The fourth-order valence-electron chi connectivity index (χ4n) is 3.00. The summed E-state index contributed by atoms with van der Waals surface area (Å²) in [6.07, 6.45) is 7.70. The van der Waals surface area contributed by atoms with Gasteiger partial charge in [-0.1, -0.05) is 26.7 Å². The lowest BCUT2D eigenvalue weighted by molar-refractivity contribution is -0.0448. The van der Waals surface area contributed by atoms with Crippen LogP contribution < -0.4 is 0 Å². The summed E-state index contributed by atoms with van der Waals surface area (Å²) in [5.41, 5.74) is 0.822. The SMILES string of the molecule is CC(C)C12CCCC(C1)C2. The Morgan fingerprint density at radius 1 is 1.30 bits per heavy atom. The van der Waals surface area contributed by atoms with E-state index < -0.39 is 0 Å². The third kappa shape index (κ3) is 0.741. The van der Waals surface area contributed by atoms with Gasteiger partial charge in [0.15, 0.2) is 0 Å². The first kappa shape index (κ1) is 6.69. The van der Waals surface area contributed by atoms with E-state index in [1.165, 1.54) is 19.3 Å². The Kier molecular flexibility index (Phi) is 1.33. The fourth-order valence-corrected chi connectivity index (χ4v) is 3.00. The Morgan fingerprint density at radius 3 is 2.30 bits per heavy atom. The molecular weight excluding hydrogens is 120 g/mol. The second kappa shape index (κ2) is 1.99. The summed E-state index contributed by atoms with van der Waals surface area (Å²) >= 11 is 0. The van der Waals surface area contributed by atoms with E-state index in [-0.39, 0.29) is 0 Å². The average molecular weight is 138 g/mol. The molecule has 3 fully saturated rings. The summed E-state index contributed by atoms with van der Waals surface area (Å²) in [4.78, 5) is 0.